The van der Waals surface area contributed by atoms with Crippen molar-refractivity contribution in [2.45, 2.75) is 31.4 Å². The lowest BCUT2D eigenvalue weighted by atomic mass is 9.88. The summed E-state index contributed by atoms with van der Waals surface area (Å²) in [6.45, 7) is 3.48. The number of aromatic nitrogens is 1. The van der Waals surface area contributed by atoms with E-state index in [9.17, 15) is 14.7 Å². The second kappa shape index (κ2) is 11.6. The number of hydrogen-bond donors (Lipinski definition) is 2. The largest absolute Gasteiger partial charge is 0.489 e. The molecule has 5 rings (SSSR count). The number of aliphatic hydroxyl groups excluding tert-OH is 1. The Morgan fingerprint density at radius 2 is 1.93 bits per heavy atom. The number of likely N-dealkylation sites (N-methyl/N-ethyl adjacent to an activating group) is 1. The fourth-order valence-corrected chi connectivity index (χ4v) is 5.55. The standard InChI is InChI=1S/C28H31Cl2N3O7/c1-4-38-26(35)16-5-7-17(8-6-16)28(9-10-37-15-28)31-25(34)21-11-19-20(33(21)3)12-22(24(30)23(19)29)39-14-18-13-32(2)27(36)40-18/h5-8,11-12,18,27,36H,4,9-10,13-15H2,1-3H3,(H,31,34). The minimum atomic E-state index is -0.979. The van der Waals surface area contributed by atoms with E-state index in [1.165, 1.54) is 0 Å². The van der Waals surface area contributed by atoms with Gasteiger partial charge in [-0.15, -0.1) is 0 Å². The molecule has 0 spiro atoms. The average molecular weight is 592 g/mol. The van der Waals surface area contributed by atoms with Gasteiger partial charge in [0, 0.05) is 38.1 Å². The normalized spacial score (nSPS) is 23.1. The minimum Gasteiger partial charge on any atom is -0.489 e. The van der Waals surface area contributed by atoms with Gasteiger partial charge < -0.3 is 33.9 Å². The lowest BCUT2D eigenvalue weighted by Crippen LogP contribution is -2.47. The van der Waals surface area contributed by atoms with Crippen LogP contribution < -0.4 is 10.1 Å². The summed E-state index contributed by atoms with van der Waals surface area (Å²) in [6, 6.07) is 10.4. The first-order valence-corrected chi connectivity index (χ1v) is 13.7. The molecular formula is C28H31Cl2N3O7. The van der Waals surface area contributed by atoms with Gasteiger partial charge >= 0.3 is 5.97 Å². The Kier molecular flexibility index (Phi) is 8.28. The highest BCUT2D eigenvalue weighted by atomic mass is 35.5. The smallest absolute Gasteiger partial charge is 0.338 e. The first-order chi connectivity index (χ1) is 19.1. The molecule has 2 aromatic carbocycles. The lowest BCUT2D eigenvalue weighted by molar-refractivity contribution is -0.146. The number of benzene rings is 2. The van der Waals surface area contributed by atoms with E-state index in [0.29, 0.717) is 60.7 Å². The van der Waals surface area contributed by atoms with Crippen molar-refractivity contribution in [2.75, 3.05) is 40.0 Å². The lowest BCUT2D eigenvalue weighted by Gasteiger charge is -2.29. The van der Waals surface area contributed by atoms with Gasteiger partial charge in [-0.1, -0.05) is 35.3 Å². The molecule has 1 aromatic heterocycles. The van der Waals surface area contributed by atoms with Crippen molar-refractivity contribution in [3.63, 3.8) is 0 Å². The number of nitrogens with one attached hydrogen (secondary N) is 1. The number of esters is 1. The number of aryl methyl sites for hydroxylation is 1. The molecule has 3 atom stereocenters. The number of amides is 1. The summed E-state index contributed by atoms with van der Waals surface area (Å²) >= 11 is 13.2. The maximum atomic E-state index is 13.7. The van der Waals surface area contributed by atoms with Crippen molar-refractivity contribution in [3.05, 3.63) is 63.3 Å². The van der Waals surface area contributed by atoms with Crippen LogP contribution in [0.2, 0.25) is 10.0 Å². The Bertz CT molecular complexity index is 1410. The molecule has 2 N–H and O–H groups in total. The zero-order valence-corrected chi connectivity index (χ0v) is 23.9. The highest BCUT2D eigenvalue weighted by Crippen LogP contribution is 2.40. The molecule has 3 unspecified atom stereocenters. The highest BCUT2D eigenvalue weighted by Gasteiger charge is 2.39. The summed E-state index contributed by atoms with van der Waals surface area (Å²) < 4.78 is 23.9. The van der Waals surface area contributed by atoms with Crippen LogP contribution in [0.5, 0.6) is 5.75 Å². The Morgan fingerprint density at radius 3 is 2.55 bits per heavy atom. The Morgan fingerprint density at radius 1 is 1.18 bits per heavy atom. The predicted octanol–water partition coefficient (Wildman–Crippen LogP) is 3.69. The second-order valence-corrected chi connectivity index (χ2v) is 10.8. The van der Waals surface area contributed by atoms with Gasteiger partial charge in [0.1, 0.15) is 29.2 Å². The van der Waals surface area contributed by atoms with E-state index in [1.54, 1.807) is 54.8 Å². The van der Waals surface area contributed by atoms with Gasteiger partial charge in [0.15, 0.2) is 0 Å². The van der Waals surface area contributed by atoms with E-state index in [-0.39, 0.29) is 28.7 Å². The number of rotatable bonds is 8. The predicted molar refractivity (Wildman–Crippen MR) is 149 cm³/mol. The van der Waals surface area contributed by atoms with E-state index >= 15 is 0 Å². The fraction of sp³-hybridized carbons (Fsp3) is 0.429. The number of fused-ring (bicyclic) bond motifs is 1. The summed E-state index contributed by atoms with van der Waals surface area (Å²) in [7, 11) is 3.51. The van der Waals surface area contributed by atoms with E-state index < -0.39 is 17.9 Å². The van der Waals surface area contributed by atoms with Gasteiger partial charge in [0.25, 0.3) is 5.91 Å². The topological polar surface area (TPSA) is 111 Å². The summed E-state index contributed by atoms with van der Waals surface area (Å²) in [5.74, 6) is -0.364. The maximum Gasteiger partial charge on any atom is 0.338 e. The van der Waals surface area contributed by atoms with Crippen LogP contribution in [0, 0.1) is 0 Å². The number of hydrogen-bond acceptors (Lipinski definition) is 8. The second-order valence-electron chi connectivity index (χ2n) is 10.00. The van der Waals surface area contributed by atoms with Crippen LogP contribution in [0.4, 0.5) is 0 Å². The molecule has 0 radical (unpaired) electrons. The van der Waals surface area contributed by atoms with Gasteiger partial charge in [0.05, 0.1) is 34.9 Å². The number of ether oxygens (including phenoxy) is 4. The third-order valence-electron chi connectivity index (χ3n) is 7.36. The van der Waals surface area contributed by atoms with Gasteiger partial charge in [-0.05, 0) is 37.7 Å². The van der Waals surface area contributed by atoms with Crippen LogP contribution in [0.1, 0.15) is 39.8 Å². The van der Waals surface area contributed by atoms with E-state index in [2.05, 4.69) is 5.32 Å². The van der Waals surface area contributed by atoms with Crippen molar-refractivity contribution in [1.82, 2.24) is 14.8 Å². The van der Waals surface area contributed by atoms with E-state index in [1.807, 2.05) is 12.1 Å². The van der Waals surface area contributed by atoms with Gasteiger partial charge in [-0.25, -0.2) is 4.79 Å². The summed E-state index contributed by atoms with van der Waals surface area (Å²) in [5.41, 5.74) is 1.53. The zero-order chi connectivity index (χ0) is 28.6. The summed E-state index contributed by atoms with van der Waals surface area (Å²) in [5, 5.41) is 14.0. The quantitative estimate of drug-likeness (QED) is 0.381. The van der Waals surface area contributed by atoms with Crippen LogP contribution in [0.25, 0.3) is 10.9 Å². The van der Waals surface area contributed by atoms with Crippen molar-refractivity contribution < 1.29 is 33.6 Å². The molecule has 214 valence electrons. The van der Waals surface area contributed by atoms with Crippen LogP contribution in [-0.2, 0) is 26.8 Å². The molecule has 0 aliphatic carbocycles. The number of aliphatic hydroxyl groups is 1. The molecule has 10 nitrogen and oxygen atoms in total. The van der Waals surface area contributed by atoms with Crippen molar-refractivity contribution in [3.8, 4) is 5.75 Å². The third kappa shape index (κ3) is 5.39. The Balaban J connectivity index is 1.39. The number of halogens is 2. The monoisotopic (exact) mass is 591 g/mol. The van der Waals surface area contributed by atoms with Gasteiger partial charge in [0.2, 0.25) is 6.41 Å². The summed E-state index contributed by atoms with van der Waals surface area (Å²) in [6.07, 6.45) is -0.747. The minimum absolute atomic E-state index is 0.165. The molecule has 1 amide bonds. The molecule has 0 bridgehead atoms. The number of carbonyl (C=O) groups is 2. The molecule has 40 heavy (non-hydrogen) atoms. The fourth-order valence-electron chi connectivity index (χ4n) is 5.09. The van der Waals surface area contributed by atoms with Crippen LogP contribution in [-0.4, -0.2) is 79.0 Å². The molecule has 2 aliphatic rings. The van der Waals surface area contributed by atoms with Crippen molar-refractivity contribution in [2.24, 2.45) is 7.05 Å². The molecule has 12 heteroatoms. The summed E-state index contributed by atoms with van der Waals surface area (Å²) in [4.78, 5) is 27.4. The SMILES string of the molecule is CCOC(=O)c1ccc(C2(NC(=O)c3cc4c(Cl)c(Cl)c(OCC5CN(C)C(O)O5)cc4n3C)CCOC2)cc1. The van der Waals surface area contributed by atoms with E-state index in [4.69, 9.17) is 42.1 Å². The van der Waals surface area contributed by atoms with Gasteiger partial charge in [-0.3, -0.25) is 9.69 Å². The molecule has 3 aromatic rings. The molecule has 3 heterocycles. The molecule has 2 fully saturated rings. The highest BCUT2D eigenvalue weighted by molar-refractivity contribution is 6.46. The zero-order valence-electron chi connectivity index (χ0n) is 22.4. The molecule has 2 saturated heterocycles. The molecular weight excluding hydrogens is 561 g/mol. The molecule has 2 aliphatic heterocycles. The van der Waals surface area contributed by atoms with Crippen molar-refractivity contribution >= 4 is 46.0 Å². The molecule has 0 saturated carbocycles. The average Bonchev–Trinajstić information content (AvgIpc) is 3.63. The maximum absolute atomic E-state index is 13.7. The van der Waals surface area contributed by atoms with Crippen LogP contribution in [0.3, 0.4) is 0 Å². The van der Waals surface area contributed by atoms with Crippen molar-refractivity contribution in [1.29, 1.82) is 0 Å². The van der Waals surface area contributed by atoms with Crippen LogP contribution in [0.15, 0.2) is 36.4 Å². The Labute approximate surface area is 241 Å². The first-order valence-electron chi connectivity index (χ1n) is 13.0. The first kappa shape index (κ1) is 28.7. The van der Waals surface area contributed by atoms with Crippen LogP contribution >= 0.6 is 23.2 Å². The van der Waals surface area contributed by atoms with Gasteiger partial charge in [-0.2, -0.15) is 0 Å². The third-order valence-corrected chi connectivity index (χ3v) is 8.22. The number of nitrogens with zero attached hydrogens (tertiary/aromatic N) is 2. The van der Waals surface area contributed by atoms with E-state index in [0.717, 1.165) is 5.56 Å². The number of carbonyl (C=O) groups excluding carboxylic acids is 2. The Hall–Kier alpha value is -2.86.